The van der Waals surface area contributed by atoms with Crippen molar-refractivity contribution in [1.29, 1.82) is 0 Å². The molecular formula is C13H22. The maximum absolute atomic E-state index is 2.53. The fourth-order valence-electron chi connectivity index (χ4n) is 2.60. The van der Waals surface area contributed by atoms with Crippen LogP contribution in [0.5, 0.6) is 0 Å². The van der Waals surface area contributed by atoms with Gasteiger partial charge in [-0.1, -0.05) is 38.3 Å². The molecule has 2 atom stereocenters. The van der Waals surface area contributed by atoms with Crippen molar-refractivity contribution in [2.24, 2.45) is 17.8 Å². The average molecular weight is 178 g/mol. The van der Waals surface area contributed by atoms with Gasteiger partial charge in [0.15, 0.2) is 0 Å². The van der Waals surface area contributed by atoms with E-state index >= 15 is 0 Å². The minimum Gasteiger partial charge on any atom is -0.0851 e. The second-order valence-corrected chi connectivity index (χ2v) is 5.11. The highest BCUT2D eigenvalue weighted by Crippen LogP contribution is 2.32. The Morgan fingerprint density at radius 3 is 2.08 bits per heavy atom. The summed E-state index contributed by atoms with van der Waals surface area (Å²) in [6.07, 6.45) is 15.2. The first kappa shape index (κ1) is 9.30. The van der Waals surface area contributed by atoms with Crippen LogP contribution in [-0.2, 0) is 0 Å². The van der Waals surface area contributed by atoms with Crippen LogP contribution >= 0.6 is 0 Å². The third-order valence-electron chi connectivity index (χ3n) is 3.78. The van der Waals surface area contributed by atoms with Gasteiger partial charge < -0.3 is 0 Å². The summed E-state index contributed by atoms with van der Waals surface area (Å²) in [6, 6.07) is 0. The molecule has 0 aromatic rings. The Morgan fingerprint density at radius 2 is 1.46 bits per heavy atom. The molecule has 0 aromatic carbocycles. The van der Waals surface area contributed by atoms with Gasteiger partial charge >= 0.3 is 0 Å². The molecule has 74 valence electrons. The molecule has 0 saturated heterocycles. The number of rotatable bonds is 2. The molecule has 0 heterocycles. The van der Waals surface area contributed by atoms with Crippen molar-refractivity contribution < 1.29 is 0 Å². The van der Waals surface area contributed by atoms with E-state index in [1.807, 2.05) is 0 Å². The smallest absolute Gasteiger partial charge is 0.0231 e. The van der Waals surface area contributed by atoms with Crippen LogP contribution in [-0.4, -0.2) is 0 Å². The molecule has 0 amide bonds. The molecule has 0 bridgehead atoms. The first-order valence-corrected chi connectivity index (χ1v) is 6.03. The van der Waals surface area contributed by atoms with E-state index in [4.69, 9.17) is 0 Å². The molecule has 0 aliphatic heterocycles. The normalized spacial score (nSPS) is 36.4. The summed E-state index contributed by atoms with van der Waals surface area (Å²) >= 11 is 0. The van der Waals surface area contributed by atoms with Crippen molar-refractivity contribution in [1.82, 2.24) is 0 Å². The van der Waals surface area contributed by atoms with Crippen molar-refractivity contribution in [3.05, 3.63) is 12.2 Å². The molecule has 2 aliphatic carbocycles. The third kappa shape index (κ3) is 2.59. The molecule has 0 N–H and O–H groups in total. The zero-order valence-electron chi connectivity index (χ0n) is 8.84. The number of hydrogen-bond acceptors (Lipinski definition) is 0. The summed E-state index contributed by atoms with van der Waals surface area (Å²) in [7, 11) is 0. The standard InChI is InChI=1S/C13H22/c1-11-4-2-7-13(10-11)9-8-12-5-3-6-12/h8-9,11-13H,2-7,10H2,1H3/b9-8+. The van der Waals surface area contributed by atoms with Gasteiger partial charge in [0.25, 0.3) is 0 Å². The first-order valence-electron chi connectivity index (χ1n) is 6.03. The van der Waals surface area contributed by atoms with Crippen LogP contribution in [0, 0.1) is 17.8 Å². The van der Waals surface area contributed by atoms with Gasteiger partial charge in [0.2, 0.25) is 0 Å². The average Bonchev–Trinajstić information content (AvgIpc) is 2.01. The van der Waals surface area contributed by atoms with E-state index in [2.05, 4.69) is 19.1 Å². The largest absolute Gasteiger partial charge is 0.0851 e. The van der Waals surface area contributed by atoms with Crippen LogP contribution in [0.2, 0.25) is 0 Å². The predicted octanol–water partition coefficient (Wildman–Crippen LogP) is 4.17. The van der Waals surface area contributed by atoms with Crippen LogP contribution in [0.3, 0.4) is 0 Å². The summed E-state index contributed by atoms with van der Waals surface area (Å²) in [5.41, 5.74) is 0. The van der Waals surface area contributed by atoms with E-state index in [0.29, 0.717) is 0 Å². The van der Waals surface area contributed by atoms with Gasteiger partial charge in [0.05, 0.1) is 0 Å². The Bertz CT molecular complexity index is 176. The molecule has 2 unspecified atom stereocenters. The van der Waals surface area contributed by atoms with Crippen molar-refractivity contribution in [2.45, 2.75) is 51.9 Å². The zero-order valence-corrected chi connectivity index (χ0v) is 8.84. The zero-order chi connectivity index (χ0) is 9.10. The lowest BCUT2D eigenvalue weighted by Gasteiger charge is -2.26. The van der Waals surface area contributed by atoms with Crippen LogP contribution in [0.15, 0.2) is 12.2 Å². The van der Waals surface area contributed by atoms with Crippen molar-refractivity contribution in [3.63, 3.8) is 0 Å². The van der Waals surface area contributed by atoms with Gasteiger partial charge in [-0.05, 0) is 43.4 Å². The van der Waals surface area contributed by atoms with Gasteiger partial charge in [0.1, 0.15) is 0 Å². The van der Waals surface area contributed by atoms with E-state index in [1.54, 1.807) is 0 Å². The van der Waals surface area contributed by atoms with Gasteiger partial charge in [-0.3, -0.25) is 0 Å². The first-order chi connectivity index (χ1) is 6.34. The molecule has 13 heavy (non-hydrogen) atoms. The minimum atomic E-state index is 0.921. The lowest BCUT2D eigenvalue weighted by Crippen LogP contribution is -2.12. The maximum atomic E-state index is 2.53. The quantitative estimate of drug-likeness (QED) is 0.557. The topological polar surface area (TPSA) is 0 Å². The molecule has 2 rings (SSSR count). The van der Waals surface area contributed by atoms with Gasteiger partial charge in [0, 0.05) is 0 Å². The Kier molecular flexibility index (Phi) is 3.08. The van der Waals surface area contributed by atoms with Gasteiger partial charge in [-0.2, -0.15) is 0 Å². The molecular weight excluding hydrogens is 156 g/mol. The minimum absolute atomic E-state index is 0.921. The van der Waals surface area contributed by atoms with Crippen molar-refractivity contribution in [3.8, 4) is 0 Å². The van der Waals surface area contributed by atoms with E-state index in [0.717, 1.165) is 17.8 Å². The maximum Gasteiger partial charge on any atom is -0.0231 e. The van der Waals surface area contributed by atoms with Crippen LogP contribution < -0.4 is 0 Å². The Hall–Kier alpha value is -0.260. The summed E-state index contributed by atoms with van der Waals surface area (Å²) in [6.45, 7) is 2.41. The summed E-state index contributed by atoms with van der Waals surface area (Å²) in [4.78, 5) is 0. The SMILES string of the molecule is CC1CCCC(/C=C/C2CCC2)C1. The van der Waals surface area contributed by atoms with Crippen molar-refractivity contribution >= 4 is 0 Å². The number of allylic oxidation sites excluding steroid dienone is 2. The molecule has 0 radical (unpaired) electrons. The van der Waals surface area contributed by atoms with Gasteiger partial charge in [-0.25, -0.2) is 0 Å². The summed E-state index contributed by atoms with van der Waals surface area (Å²) < 4.78 is 0. The lowest BCUT2D eigenvalue weighted by atomic mass is 9.80. The highest BCUT2D eigenvalue weighted by molar-refractivity contribution is 4.97. The molecule has 2 aliphatic rings. The van der Waals surface area contributed by atoms with Gasteiger partial charge in [-0.15, -0.1) is 0 Å². The van der Waals surface area contributed by atoms with Crippen molar-refractivity contribution in [2.75, 3.05) is 0 Å². The van der Waals surface area contributed by atoms with E-state index in [-0.39, 0.29) is 0 Å². The highest BCUT2D eigenvalue weighted by atomic mass is 14.2. The summed E-state index contributed by atoms with van der Waals surface area (Å²) in [5, 5.41) is 0. The monoisotopic (exact) mass is 178 g/mol. The Labute approximate surface area is 82.4 Å². The Morgan fingerprint density at radius 1 is 0.846 bits per heavy atom. The fraction of sp³-hybridized carbons (Fsp3) is 0.846. The fourth-order valence-corrected chi connectivity index (χ4v) is 2.60. The third-order valence-corrected chi connectivity index (χ3v) is 3.78. The second kappa shape index (κ2) is 4.30. The van der Waals surface area contributed by atoms with E-state index < -0.39 is 0 Å². The number of hydrogen-bond donors (Lipinski definition) is 0. The lowest BCUT2D eigenvalue weighted by molar-refractivity contribution is 0.321. The second-order valence-electron chi connectivity index (χ2n) is 5.11. The van der Waals surface area contributed by atoms with Crippen LogP contribution in [0.1, 0.15) is 51.9 Å². The predicted molar refractivity (Wildman–Crippen MR) is 57.6 cm³/mol. The molecule has 0 spiro atoms. The molecule has 0 heteroatoms. The molecule has 0 nitrogen and oxygen atoms in total. The van der Waals surface area contributed by atoms with E-state index in [9.17, 15) is 0 Å². The van der Waals surface area contributed by atoms with Crippen LogP contribution in [0.25, 0.3) is 0 Å². The van der Waals surface area contributed by atoms with E-state index in [1.165, 1.54) is 44.9 Å². The molecule has 0 aromatic heterocycles. The summed E-state index contributed by atoms with van der Waals surface area (Å²) in [5.74, 6) is 2.85. The Balaban J connectivity index is 1.75. The van der Waals surface area contributed by atoms with Crippen LogP contribution in [0.4, 0.5) is 0 Å². The molecule has 2 fully saturated rings. The molecule has 2 saturated carbocycles. The highest BCUT2D eigenvalue weighted by Gasteiger charge is 2.18.